The Morgan fingerprint density at radius 1 is 1.23 bits per heavy atom. The van der Waals surface area contributed by atoms with E-state index < -0.39 is 20.7 Å². The maximum absolute atomic E-state index is 12.7. The minimum absolute atomic E-state index is 0.0297. The maximum Gasteiger partial charge on any atom is 0.279 e. The van der Waals surface area contributed by atoms with Crippen molar-refractivity contribution in [3.05, 3.63) is 62.9 Å². The summed E-state index contributed by atoms with van der Waals surface area (Å²) >= 11 is 1.16. The highest BCUT2D eigenvalue weighted by molar-refractivity contribution is 7.91. The number of thiazole rings is 1. The first-order chi connectivity index (χ1) is 14.3. The Kier molecular flexibility index (Phi) is 6.44. The van der Waals surface area contributed by atoms with E-state index in [-0.39, 0.29) is 21.9 Å². The number of carbonyl (C=O) groups is 1. The van der Waals surface area contributed by atoms with Gasteiger partial charge in [0, 0.05) is 31.4 Å². The lowest BCUT2D eigenvalue weighted by molar-refractivity contribution is -0.384. The van der Waals surface area contributed by atoms with E-state index in [4.69, 9.17) is 4.74 Å². The molecule has 11 heteroatoms. The minimum atomic E-state index is -3.36. The van der Waals surface area contributed by atoms with Gasteiger partial charge in [0.1, 0.15) is 0 Å². The fourth-order valence-electron chi connectivity index (χ4n) is 2.78. The molecule has 0 spiro atoms. The molecule has 2 aromatic carbocycles. The number of benzene rings is 2. The molecule has 3 rings (SSSR count). The SMILES string of the molecule is CCS(=O)(=O)c1ccc(C(=O)N=c2sc3cc([N+](=O)[O-])ccc3n2CCOC)cc1. The van der Waals surface area contributed by atoms with E-state index in [1.54, 1.807) is 24.7 Å². The van der Waals surface area contributed by atoms with Gasteiger partial charge in [-0.2, -0.15) is 4.99 Å². The lowest BCUT2D eigenvalue weighted by Crippen LogP contribution is -2.19. The summed E-state index contributed by atoms with van der Waals surface area (Å²) in [5.74, 6) is -0.569. The second kappa shape index (κ2) is 8.86. The summed E-state index contributed by atoms with van der Waals surface area (Å²) in [5, 5.41) is 11.1. The van der Waals surface area contributed by atoms with Gasteiger partial charge in [0.15, 0.2) is 14.6 Å². The number of sulfone groups is 1. The molecule has 0 radical (unpaired) electrons. The van der Waals surface area contributed by atoms with Gasteiger partial charge in [0.2, 0.25) is 0 Å². The Bertz CT molecular complexity index is 1270. The van der Waals surface area contributed by atoms with E-state index >= 15 is 0 Å². The zero-order valence-corrected chi connectivity index (χ0v) is 17.9. The van der Waals surface area contributed by atoms with E-state index in [9.17, 15) is 23.3 Å². The van der Waals surface area contributed by atoms with Gasteiger partial charge >= 0.3 is 0 Å². The molecule has 0 saturated carbocycles. The van der Waals surface area contributed by atoms with E-state index in [0.717, 1.165) is 11.3 Å². The van der Waals surface area contributed by atoms with Crippen LogP contribution in [0.25, 0.3) is 10.2 Å². The molecule has 1 heterocycles. The summed E-state index contributed by atoms with van der Waals surface area (Å²) in [7, 11) is -1.81. The smallest absolute Gasteiger partial charge is 0.279 e. The van der Waals surface area contributed by atoms with Crippen LogP contribution in [0.4, 0.5) is 5.69 Å². The van der Waals surface area contributed by atoms with Crippen LogP contribution in [0.15, 0.2) is 52.4 Å². The number of non-ortho nitro benzene ring substituents is 1. The van der Waals surface area contributed by atoms with Gasteiger partial charge in [-0.1, -0.05) is 18.3 Å². The van der Waals surface area contributed by atoms with Crippen LogP contribution < -0.4 is 4.80 Å². The summed E-state index contributed by atoms with van der Waals surface area (Å²) in [6, 6.07) is 10.1. The van der Waals surface area contributed by atoms with Crippen LogP contribution in [0.5, 0.6) is 0 Å². The van der Waals surface area contributed by atoms with Gasteiger partial charge in [0.25, 0.3) is 11.6 Å². The summed E-state index contributed by atoms with van der Waals surface area (Å²) in [5.41, 5.74) is 0.901. The van der Waals surface area contributed by atoms with Gasteiger partial charge in [-0.25, -0.2) is 8.42 Å². The summed E-state index contributed by atoms with van der Waals surface area (Å²) < 4.78 is 31.4. The zero-order valence-electron chi connectivity index (χ0n) is 16.3. The molecular weight excluding hydrogens is 430 g/mol. The minimum Gasteiger partial charge on any atom is -0.383 e. The Morgan fingerprint density at radius 2 is 1.93 bits per heavy atom. The molecule has 0 bridgehead atoms. The van der Waals surface area contributed by atoms with Crippen molar-refractivity contribution in [3.8, 4) is 0 Å². The standard InChI is InChI=1S/C19H19N3O6S2/c1-3-30(26,27)15-7-4-13(5-8-15)18(23)20-19-21(10-11-28-2)16-9-6-14(22(24)25)12-17(16)29-19/h4-9,12H,3,10-11H2,1-2H3. The fourth-order valence-corrected chi connectivity index (χ4v) is 4.75. The molecule has 1 amide bonds. The molecule has 0 N–H and O–H groups in total. The van der Waals surface area contributed by atoms with Crippen LogP contribution in [0, 0.1) is 10.1 Å². The van der Waals surface area contributed by atoms with Crippen molar-refractivity contribution in [2.45, 2.75) is 18.4 Å². The van der Waals surface area contributed by atoms with Crippen LogP contribution >= 0.6 is 11.3 Å². The number of nitrogens with zero attached hydrogens (tertiary/aromatic N) is 3. The second-order valence-corrected chi connectivity index (χ2v) is 9.57. The van der Waals surface area contributed by atoms with Gasteiger partial charge in [-0.3, -0.25) is 14.9 Å². The Labute approximate surface area is 176 Å². The molecule has 0 atom stereocenters. The van der Waals surface area contributed by atoms with Crippen molar-refractivity contribution in [2.75, 3.05) is 19.5 Å². The quantitative estimate of drug-likeness (QED) is 0.404. The third-order valence-electron chi connectivity index (χ3n) is 4.43. The summed E-state index contributed by atoms with van der Waals surface area (Å²) in [6.45, 7) is 2.33. The van der Waals surface area contributed by atoms with Crippen molar-refractivity contribution in [3.63, 3.8) is 0 Å². The van der Waals surface area contributed by atoms with Crippen molar-refractivity contribution in [1.29, 1.82) is 0 Å². The third kappa shape index (κ3) is 4.48. The van der Waals surface area contributed by atoms with Crippen LogP contribution in [0.1, 0.15) is 17.3 Å². The monoisotopic (exact) mass is 449 g/mol. The van der Waals surface area contributed by atoms with Crippen LogP contribution in [-0.2, 0) is 21.1 Å². The van der Waals surface area contributed by atoms with Crippen LogP contribution in [0.3, 0.4) is 0 Å². The Hall–Kier alpha value is -2.89. The van der Waals surface area contributed by atoms with Crippen molar-refractivity contribution < 1.29 is 22.9 Å². The van der Waals surface area contributed by atoms with Gasteiger partial charge < -0.3 is 9.30 Å². The fraction of sp³-hybridized carbons (Fsp3) is 0.263. The molecule has 30 heavy (non-hydrogen) atoms. The molecule has 1 aromatic heterocycles. The number of fused-ring (bicyclic) bond motifs is 1. The molecule has 3 aromatic rings. The topological polar surface area (TPSA) is 121 Å². The largest absolute Gasteiger partial charge is 0.383 e. The molecule has 9 nitrogen and oxygen atoms in total. The molecule has 0 aliphatic heterocycles. The van der Waals surface area contributed by atoms with E-state index in [1.807, 2.05) is 0 Å². The van der Waals surface area contributed by atoms with Crippen molar-refractivity contribution in [2.24, 2.45) is 4.99 Å². The first-order valence-electron chi connectivity index (χ1n) is 8.95. The predicted octanol–water partition coefficient (Wildman–Crippen LogP) is 2.79. The maximum atomic E-state index is 12.7. The number of hydrogen-bond donors (Lipinski definition) is 0. The number of nitro groups is 1. The average Bonchev–Trinajstić information content (AvgIpc) is 3.08. The highest BCUT2D eigenvalue weighted by Crippen LogP contribution is 2.23. The van der Waals surface area contributed by atoms with Crippen molar-refractivity contribution in [1.82, 2.24) is 4.57 Å². The Morgan fingerprint density at radius 3 is 2.53 bits per heavy atom. The first-order valence-corrected chi connectivity index (χ1v) is 11.4. The zero-order chi connectivity index (χ0) is 21.9. The lowest BCUT2D eigenvalue weighted by Gasteiger charge is -2.04. The number of rotatable bonds is 7. The average molecular weight is 450 g/mol. The van der Waals surface area contributed by atoms with E-state index in [0.29, 0.717) is 28.2 Å². The predicted molar refractivity (Wildman–Crippen MR) is 112 cm³/mol. The number of amides is 1. The number of nitro benzene ring substituents is 1. The molecular formula is C19H19N3O6S2. The Balaban J connectivity index is 2.05. The van der Waals surface area contributed by atoms with E-state index in [1.165, 1.54) is 36.4 Å². The van der Waals surface area contributed by atoms with Gasteiger partial charge in [-0.15, -0.1) is 0 Å². The highest BCUT2D eigenvalue weighted by Gasteiger charge is 2.15. The number of ether oxygens (including phenoxy) is 1. The lowest BCUT2D eigenvalue weighted by atomic mass is 10.2. The van der Waals surface area contributed by atoms with Gasteiger partial charge in [0.05, 0.1) is 32.4 Å². The van der Waals surface area contributed by atoms with Crippen molar-refractivity contribution >= 4 is 43.0 Å². The molecule has 0 fully saturated rings. The number of methoxy groups -OCH3 is 1. The first kappa shape index (κ1) is 21.8. The molecule has 0 saturated heterocycles. The third-order valence-corrected chi connectivity index (χ3v) is 7.23. The number of carbonyl (C=O) groups excluding carboxylic acids is 1. The molecule has 0 aliphatic rings. The van der Waals surface area contributed by atoms with Gasteiger partial charge in [-0.05, 0) is 30.3 Å². The normalized spacial score (nSPS) is 12.4. The summed E-state index contributed by atoms with van der Waals surface area (Å²) in [6.07, 6.45) is 0. The summed E-state index contributed by atoms with van der Waals surface area (Å²) in [4.78, 5) is 27.9. The highest BCUT2D eigenvalue weighted by atomic mass is 32.2. The number of hydrogen-bond acceptors (Lipinski definition) is 7. The second-order valence-electron chi connectivity index (χ2n) is 6.28. The number of aromatic nitrogens is 1. The molecule has 0 unspecified atom stereocenters. The van der Waals surface area contributed by atoms with Crippen LogP contribution in [-0.4, -0.2) is 43.3 Å². The van der Waals surface area contributed by atoms with E-state index in [2.05, 4.69) is 4.99 Å². The van der Waals surface area contributed by atoms with Crippen LogP contribution in [0.2, 0.25) is 0 Å². The molecule has 0 aliphatic carbocycles. The molecule has 158 valence electrons.